The SMILES string of the molecule is NNC(Cc1ccccc1Br)c1cc2cccc(Cl)c2o1. The molecule has 108 valence electrons. The van der Waals surface area contributed by atoms with Crippen molar-refractivity contribution in [1.29, 1.82) is 0 Å². The predicted molar refractivity (Wildman–Crippen MR) is 89.1 cm³/mol. The summed E-state index contributed by atoms with van der Waals surface area (Å²) in [5.74, 6) is 6.48. The van der Waals surface area contributed by atoms with E-state index < -0.39 is 0 Å². The average molecular weight is 366 g/mol. The molecule has 1 aromatic heterocycles. The summed E-state index contributed by atoms with van der Waals surface area (Å²) in [5.41, 5.74) is 4.67. The fourth-order valence-electron chi connectivity index (χ4n) is 2.34. The normalized spacial score (nSPS) is 12.7. The second kappa shape index (κ2) is 6.20. The third kappa shape index (κ3) is 2.99. The molecule has 3 rings (SSSR count). The molecule has 0 radical (unpaired) electrons. The summed E-state index contributed by atoms with van der Waals surface area (Å²) in [7, 11) is 0. The molecule has 0 bridgehead atoms. The van der Waals surface area contributed by atoms with Crippen molar-refractivity contribution in [2.45, 2.75) is 12.5 Å². The van der Waals surface area contributed by atoms with Crippen molar-refractivity contribution in [2.75, 3.05) is 0 Å². The Balaban J connectivity index is 1.95. The molecular weight excluding hydrogens is 352 g/mol. The maximum absolute atomic E-state index is 6.15. The van der Waals surface area contributed by atoms with Crippen LogP contribution in [0.1, 0.15) is 17.4 Å². The van der Waals surface area contributed by atoms with Gasteiger partial charge >= 0.3 is 0 Å². The highest BCUT2D eigenvalue weighted by Crippen LogP contribution is 2.31. The Morgan fingerprint density at radius 1 is 1.19 bits per heavy atom. The minimum Gasteiger partial charge on any atom is -0.458 e. The van der Waals surface area contributed by atoms with Crippen LogP contribution in [-0.2, 0) is 6.42 Å². The lowest BCUT2D eigenvalue weighted by Crippen LogP contribution is -2.29. The summed E-state index contributed by atoms with van der Waals surface area (Å²) in [4.78, 5) is 0. The molecular formula is C16H14BrClN2O. The molecule has 3 N–H and O–H groups in total. The number of nitrogens with one attached hydrogen (secondary N) is 1. The van der Waals surface area contributed by atoms with E-state index in [-0.39, 0.29) is 6.04 Å². The number of halogens is 2. The third-order valence-electron chi connectivity index (χ3n) is 3.44. The van der Waals surface area contributed by atoms with Crippen LogP contribution < -0.4 is 11.3 Å². The highest BCUT2D eigenvalue weighted by molar-refractivity contribution is 9.10. The van der Waals surface area contributed by atoms with Gasteiger partial charge in [0, 0.05) is 9.86 Å². The molecule has 0 fully saturated rings. The zero-order chi connectivity index (χ0) is 14.8. The van der Waals surface area contributed by atoms with Gasteiger partial charge in [-0.15, -0.1) is 0 Å². The Morgan fingerprint density at radius 2 is 2.00 bits per heavy atom. The van der Waals surface area contributed by atoms with E-state index in [1.165, 1.54) is 0 Å². The molecule has 0 saturated carbocycles. The van der Waals surface area contributed by atoms with E-state index in [1.54, 1.807) is 0 Å². The van der Waals surface area contributed by atoms with Gasteiger partial charge in [0.1, 0.15) is 5.76 Å². The molecule has 5 heteroatoms. The van der Waals surface area contributed by atoms with Gasteiger partial charge in [-0.3, -0.25) is 5.84 Å². The van der Waals surface area contributed by atoms with Gasteiger partial charge in [0.15, 0.2) is 5.58 Å². The number of fused-ring (bicyclic) bond motifs is 1. The number of rotatable bonds is 4. The van der Waals surface area contributed by atoms with Gasteiger partial charge in [-0.25, -0.2) is 5.43 Å². The first kappa shape index (κ1) is 14.6. The molecule has 0 aliphatic carbocycles. The van der Waals surface area contributed by atoms with Crippen LogP contribution in [0, 0.1) is 0 Å². The molecule has 1 atom stereocenters. The van der Waals surface area contributed by atoms with E-state index >= 15 is 0 Å². The van der Waals surface area contributed by atoms with Crippen LogP contribution in [0.5, 0.6) is 0 Å². The number of hydrogen-bond donors (Lipinski definition) is 2. The highest BCUT2D eigenvalue weighted by atomic mass is 79.9. The minimum atomic E-state index is -0.118. The van der Waals surface area contributed by atoms with Crippen molar-refractivity contribution in [2.24, 2.45) is 5.84 Å². The molecule has 0 amide bonds. The summed E-state index contributed by atoms with van der Waals surface area (Å²) < 4.78 is 6.93. The maximum Gasteiger partial charge on any atom is 0.152 e. The third-order valence-corrected chi connectivity index (χ3v) is 4.51. The van der Waals surface area contributed by atoms with E-state index in [1.807, 2.05) is 42.5 Å². The number of para-hydroxylation sites is 1. The van der Waals surface area contributed by atoms with Crippen molar-refractivity contribution >= 4 is 38.5 Å². The minimum absolute atomic E-state index is 0.118. The Hall–Kier alpha value is -1.33. The van der Waals surface area contributed by atoms with Gasteiger partial charge < -0.3 is 4.42 Å². The molecule has 1 unspecified atom stereocenters. The van der Waals surface area contributed by atoms with Gasteiger partial charge in [0.05, 0.1) is 11.1 Å². The van der Waals surface area contributed by atoms with Gasteiger partial charge in [0.2, 0.25) is 0 Å². The van der Waals surface area contributed by atoms with Crippen molar-refractivity contribution in [1.82, 2.24) is 5.43 Å². The van der Waals surface area contributed by atoms with Crippen LogP contribution in [-0.4, -0.2) is 0 Å². The van der Waals surface area contributed by atoms with E-state index in [4.69, 9.17) is 21.9 Å². The van der Waals surface area contributed by atoms with Crippen molar-refractivity contribution in [3.05, 3.63) is 69.3 Å². The average Bonchev–Trinajstić information content (AvgIpc) is 2.92. The Morgan fingerprint density at radius 3 is 2.71 bits per heavy atom. The highest BCUT2D eigenvalue weighted by Gasteiger charge is 2.17. The monoisotopic (exact) mass is 364 g/mol. The molecule has 0 aliphatic heterocycles. The first-order valence-electron chi connectivity index (χ1n) is 6.56. The molecule has 1 heterocycles. The Bertz CT molecular complexity index is 772. The molecule has 2 aromatic carbocycles. The summed E-state index contributed by atoms with van der Waals surface area (Å²) in [6.07, 6.45) is 0.718. The summed E-state index contributed by atoms with van der Waals surface area (Å²) >= 11 is 9.70. The van der Waals surface area contributed by atoms with Crippen LogP contribution in [0.2, 0.25) is 5.02 Å². The molecule has 3 nitrogen and oxygen atoms in total. The van der Waals surface area contributed by atoms with Crippen molar-refractivity contribution in [3.8, 4) is 0 Å². The van der Waals surface area contributed by atoms with E-state index in [9.17, 15) is 0 Å². The first-order valence-corrected chi connectivity index (χ1v) is 7.73. The number of hydrazine groups is 1. The van der Waals surface area contributed by atoms with Crippen LogP contribution in [0.3, 0.4) is 0 Å². The van der Waals surface area contributed by atoms with Gasteiger partial charge in [-0.2, -0.15) is 0 Å². The molecule has 0 saturated heterocycles. The maximum atomic E-state index is 6.15. The number of nitrogens with two attached hydrogens (primary N) is 1. The topological polar surface area (TPSA) is 51.2 Å². The largest absolute Gasteiger partial charge is 0.458 e. The summed E-state index contributed by atoms with van der Waals surface area (Å²) in [5, 5.41) is 1.58. The van der Waals surface area contributed by atoms with Crippen LogP contribution in [0.4, 0.5) is 0 Å². The van der Waals surface area contributed by atoms with E-state index in [0.717, 1.165) is 27.6 Å². The fourth-order valence-corrected chi connectivity index (χ4v) is 3.01. The van der Waals surface area contributed by atoms with Gasteiger partial charge in [-0.05, 0) is 30.2 Å². The second-order valence-corrected chi connectivity index (χ2v) is 6.08. The van der Waals surface area contributed by atoms with Crippen LogP contribution in [0.15, 0.2) is 57.4 Å². The van der Waals surface area contributed by atoms with Crippen molar-refractivity contribution < 1.29 is 4.42 Å². The zero-order valence-electron chi connectivity index (χ0n) is 11.1. The zero-order valence-corrected chi connectivity index (χ0v) is 13.5. The summed E-state index contributed by atoms with van der Waals surface area (Å²) in [6, 6.07) is 15.6. The number of furan rings is 1. The van der Waals surface area contributed by atoms with Crippen LogP contribution in [0.25, 0.3) is 11.0 Å². The lowest BCUT2D eigenvalue weighted by Gasteiger charge is -2.14. The molecule has 0 spiro atoms. The molecule has 0 aliphatic rings. The standard InChI is InChI=1S/C16H14BrClN2O/c17-12-6-2-1-4-10(12)8-14(20-19)15-9-11-5-3-7-13(18)16(11)21-15/h1-7,9,14,20H,8,19H2. The molecule has 21 heavy (non-hydrogen) atoms. The number of benzene rings is 2. The lowest BCUT2D eigenvalue weighted by atomic mass is 10.0. The number of hydrogen-bond acceptors (Lipinski definition) is 3. The lowest BCUT2D eigenvalue weighted by molar-refractivity contribution is 0.434. The smallest absolute Gasteiger partial charge is 0.152 e. The van der Waals surface area contributed by atoms with Gasteiger partial charge in [0.25, 0.3) is 0 Å². The summed E-state index contributed by atoms with van der Waals surface area (Å²) in [6.45, 7) is 0. The predicted octanol–water partition coefficient (Wildman–Crippen LogP) is 4.60. The van der Waals surface area contributed by atoms with E-state index in [0.29, 0.717) is 10.6 Å². The first-order chi connectivity index (χ1) is 10.2. The van der Waals surface area contributed by atoms with Gasteiger partial charge in [-0.1, -0.05) is 57.9 Å². The van der Waals surface area contributed by atoms with E-state index in [2.05, 4.69) is 27.4 Å². The molecule has 3 aromatic rings. The second-order valence-electron chi connectivity index (χ2n) is 4.82. The quantitative estimate of drug-likeness (QED) is 0.525. The fraction of sp³-hybridized carbons (Fsp3) is 0.125. The Kier molecular flexibility index (Phi) is 4.31. The Labute approximate surface area is 136 Å². The van der Waals surface area contributed by atoms with Crippen molar-refractivity contribution in [3.63, 3.8) is 0 Å². The van der Waals surface area contributed by atoms with Crippen LogP contribution >= 0.6 is 27.5 Å².